The molecule has 0 aliphatic carbocycles. The molecule has 1 N–H and O–H groups in total. The largest absolute Gasteiger partial charge is 0.368 e. The summed E-state index contributed by atoms with van der Waals surface area (Å²) in [6.45, 7) is 9.72. The van der Waals surface area contributed by atoms with E-state index < -0.39 is 0 Å². The molecule has 0 bridgehead atoms. The van der Waals surface area contributed by atoms with Crippen molar-refractivity contribution in [2.24, 2.45) is 0 Å². The van der Waals surface area contributed by atoms with Gasteiger partial charge in [0.25, 0.3) is 5.91 Å². The molecule has 0 radical (unpaired) electrons. The fourth-order valence-electron chi connectivity index (χ4n) is 2.49. The van der Waals surface area contributed by atoms with E-state index in [0.29, 0.717) is 43.5 Å². The molecule has 1 unspecified atom stereocenters. The third-order valence-electron chi connectivity index (χ3n) is 4.08. The molecule has 1 atom stereocenters. The van der Waals surface area contributed by atoms with Crippen LogP contribution < -0.4 is 5.32 Å². The molecule has 1 saturated heterocycles. The van der Waals surface area contributed by atoms with Crippen LogP contribution in [0.15, 0.2) is 6.07 Å². The minimum absolute atomic E-state index is 0.0509. The van der Waals surface area contributed by atoms with Crippen molar-refractivity contribution in [3.63, 3.8) is 0 Å². The maximum Gasteiger partial charge on any atom is 0.272 e. The molecule has 0 saturated carbocycles. The number of piperazine rings is 1. The normalized spacial score (nSPS) is 16.2. The predicted molar refractivity (Wildman–Crippen MR) is 88.3 cm³/mol. The van der Waals surface area contributed by atoms with Crippen LogP contribution >= 0.6 is 0 Å². The van der Waals surface area contributed by atoms with Gasteiger partial charge in [0.2, 0.25) is 5.91 Å². The van der Waals surface area contributed by atoms with Crippen LogP contribution in [0, 0.1) is 6.92 Å². The van der Waals surface area contributed by atoms with Crippen molar-refractivity contribution in [1.29, 1.82) is 0 Å². The van der Waals surface area contributed by atoms with E-state index in [9.17, 15) is 9.59 Å². The maximum absolute atomic E-state index is 12.6. The first-order valence-corrected chi connectivity index (χ1v) is 8.07. The highest BCUT2D eigenvalue weighted by Gasteiger charge is 2.24. The minimum atomic E-state index is -0.106. The van der Waals surface area contributed by atoms with Crippen molar-refractivity contribution in [3.05, 3.63) is 17.6 Å². The van der Waals surface area contributed by atoms with E-state index in [1.54, 1.807) is 29.7 Å². The third kappa shape index (κ3) is 4.40. The molecule has 2 rings (SSSR count). The average Bonchev–Trinajstić information content (AvgIpc) is 2.53. The van der Waals surface area contributed by atoms with Crippen LogP contribution in [0.1, 0.15) is 43.5 Å². The maximum atomic E-state index is 12.6. The Balaban J connectivity index is 2.09. The Labute approximate surface area is 137 Å². The van der Waals surface area contributed by atoms with Crippen LogP contribution in [0.25, 0.3) is 0 Å². The van der Waals surface area contributed by atoms with Crippen LogP contribution in [0.4, 0.5) is 5.82 Å². The Morgan fingerprint density at radius 2 is 1.83 bits per heavy atom. The van der Waals surface area contributed by atoms with Gasteiger partial charge in [0.15, 0.2) is 0 Å². The summed E-state index contributed by atoms with van der Waals surface area (Å²) in [7, 11) is 0. The van der Waals surface area contributed by atoms with E-state index >= 15 is 0 Å². The van der Waals surface area contributed by atoms with Crippen LogP contribution in [0.2, 0.25) is 0 Å². The first-order valence-electron chi connectivity index (χ1n) is 8.07. The van der Waals surface area contributed by atoms with Crippen molar-refractivity contribution < 1.29 is 9.59 Å². The number of anilines is 1. The van der Waals surface area contributed by atoms with Gasteiger partial charge >= 0.3 is 0 Å². The topological polar surface area (TPSA) is 78.4 Å². The fourth-order valence-corrected chi connectivity index (χ4v) is 2.49. The van der Waals surface area contributed by atoms with E-state index in [1.165, 1.54) is 0 Å². The quantitative estimate of drug-likeness (QED) is 0.905. The lowest BCUT2D eigenvalue weighted by Gasteiger charge is -2.34. The minimum Gasteiger partial charge on any atom is -0.368 e. The lowest BCUT2D eigenvalue weighted by atomic mass is 10.2. The Hall–Kier alpha value is -2.18. The molecule has 7 heteroatoms. The van der Waals surface area contributed by atoms with E-state index in [1.807, 2.05) is 0 Å². The Kier molecular flexibility index (Phi) is 5.52. The molecule has 7 nitrogen and oxygen atoms in total. The number of aromatic nitrogens is 2. The second kappa shape index (κ2) is 7.39. The Morgan fingerprint density at radius 3 is 2.39 bits per heavy atom. The van der Waals surface area contributed by atoms with Crippen molar-refractivity contribution >= 4 is 17.6 Å². The van der Waals surface area contributed by atoms with Crippen molar-refractivity contribution in [3.8, 4) is 0 Å². The number of carbonyl (C=O) groups excluding carboxylic acids is 2. The second-order valence-corrected chi connectivity index (χ2v) is 5.94. The van der Waals surface area contributed by atoms with Crippen molar-refractivity contribution in [2.75, 3.05) is 31.5 Å². The number of aryl methyl sites for hydroxylation is 1. The highest BCUT2D eigenvalue weighted by atomic mass is 16.2. The first kappa shape index (κ1) is 17.2. The first-order chi connectivity index (χ1) is 10.9. The summed E-state index contributed by atoms with van der Waals surface area (Å²) in [6.07, 6.45) is 0.972. The van der Waals surface area contributed by atoms with Crippen molar-refractivity contribution in [2.45, 2.75) is 40.2 Å². The fraction of sp³-hybridized carbons (Fsp3) is 0.625. The number of hydrogen-bond acceptors (Lipinski definition) is 5. The standard InChI is InChI=1S/C16H25N5O2/c1-5-11(2)17-15-10-14(18-12(3)19-15)16(23)21-8-6-20(7-9-21)13(4)22/h10-11H,5-9H2,1-4H3,(H,17,18,19). The molecule has 2 heterocycles. The lowest BCUT2D eigenvalue weighted by Crippen LogP contribution is -2.50. The molecule has 0 aromatic carbocycles. The smallest absolute Gasteiger partial charge is 0.272 e. The SMILES string of the molecule is CCC(C)Nc1cc(C(=O)N2CCN(C(C)=O)CC2)nc(C)n1. The molecule has 1 aliphatic rings. The molecule has 1 aromatic rings. The predicted octanol–water partition coefficient (Wildman–Crippen LogP) is 1.30. The van der Waals surface area contributed by atoms with Gasteiger partial charge in [-0.3, -0.25) is 9.59 Å². The molecule has 1 aliphatic heterocycles. The van der Waals surface area contributed by atoms with Gasteiger partial charge in [0.05, 0.1) is 0 Å². The summed E-state index contributed by atoms with van der Waals surface area (Å²) in [5.41, 5.74) is 0.402. The molecule has 1 fully saturated rings. The van der Waals surface area contributed by atoms with E-state index in [2.05, 4.69) is 29.1 Å². The van der Waals surface area contributed by atoms with Gasteiger partial charge in [-0.1, -0.05) is 6.92 Å². The van der Waals surface area contributed by atoms with Crippen LogP contribution in [-0.4, -0.2) is 63.8 Å². The summed E-state index contributed by atoms with van der Waals surface area (Å²) in [6, 6.07) is 1.99. The molecule has 0 spiro atoms. The summed E-state index contributed by atoms with van der Waals surface area (Å²) in [5.74, 6) is 1.20. The molecular formula is C16H25N5O2. The highest BCUT2D eigenvalue weighted by Crippen LogP contribution is 2.13. The van der Waals surface area contributed by atoms with Gasteiger partial charge < -0.3 is 15.1 Å². The van der Waals surface area contributed by atoms with Crippen molar-refractivity contribution in [1.82, 2.24) is 19.8 Å². The van der Waals surface area contributed by atoms with Gasteiger partial charge in [0, 0.05) is 45.2 Å². The van der Waals surface area contributed by atoms with Gasteiger partial charge in [-0.2, -0.15) is 0 Å². The van der Waals surface area contributed by atoms with Gasteiger partial charge in [-0.25, -0.2) is 9.97 Å². The summed E-state index contributed by atoms with van der Waals surface area (Å²) in [5, 5.41) is 3.28. The van der Waals surface area contributed by atoms with Gasteiger partial charge in [-0.15, -0.1) is 0 Å². The Bertz CT molecular complexity index is 582. The van der Waals surface area contributed by atoms with Crippen LogP contribution in [-0.2, 0) is 4.79 Å². The van der Waals surface area contributed by atoms with E-state index in [-0.39, 0.29) is 17.9 Å². The summed E-state index contributed by atoms with van der Waals surface area (Å²) >= 11 is 0. The number of nitrogens with zero attached hydrogens (tertiary/aromatic N) is 4. The number of rotatable bonds is 4. The zero-order valence-electron chi connectivity index (χ0n) is 14.3. The van der Waals surface area contributed by atoms with Gasteiger partial charge in [0.1, 0.15) is 17.3 Å². The molecular weight excluding hydrogens is 294 g/mol. The zero-order valence-corrected chi connectivity index (χ0v) is 14.3. The van der Waals surface area contributed by atoms with Crippen LogP contribution in [0.5, 0.6) is 0 Å². The zero-order chi connectivity index (χ0) is 17.0. The highest BCUT2D eigenvalue weighted by molar-refractivity contribution is 5.93. The third-order valence-corrected chi connectivity index (χ3v) is 4.08. The summed E-state index contributed by atoms with van der Waals surface area (Å²) < 4.78 is 0. The van der Waals surface area contributed by atoms with E-state index in [0.717, 1.165) is 6.42 Å². The number of hydrogen-bond donors (Lipinski definition) is 1. The molecule has 23 heavy (non-hydrogen) atoms. The molecule has 1 aromatic heterocycles. The summed E-state index contributed by atoms with van der Waals surface area (Å²) in [4.78, 5) is 36.1. The molecule has 2 amide bonds. The molecule has 126 valence electrons. The van der Waals surface area contributed by atoms with Crippen LogP contribution in [0.3, 0.4) is 0 Å². The Morgan fingerprint density at radius 1 is 1.22 bits per heavy atom. The van der Waals surface area contributed by atoms with Gasteiger partial charge in [-0.05, 0) is 20.3 Å². The number of carbonyl (C=O) groups is 2. The second-order valence-electron chi connectivity index (χ2n) is 5.94. The number of amides is 2. The monoisotopic (exact) mass is 319 g/mol. The van der Waals surface area contributed by atoms with E-state index in [4.69, 9.17) is 0 Å². The number of nitrogens with one attached hydrogen (secondary N) is 1. The average molecular weight is 319 g/mol. The lowest BCUT2D eigenvalue weighted by molar-refractivity contribution is -0.130.